The van der Waals surface area contributed by atoms with Crippen LogP contribution in [0.4, 0.5) is 13.2 Å². The summed E-state index contributed by atoms with van der Waals surface area (Å²) in [5.74, 6) is -1.44. The molecule has 6 heteroatoms. The average Bonchev–Trinajstić information content (AvgIpc) is 2.33. The van der Waals surface area contributed by atoms with Crippen molar-refractivity contribution in [1.29, 1.82) is 0 Å². The van der Waals surface area contributed by atoms with Crippen molar-refractivity contribution < 1.29 is 13.2 Å². The summed E-state index contributed by atoms with van der Waals surface area (Å²) >= 11 is 8.22. The van der Waals surface area contributed by atoms with Gasteiger partial charge in [0.05, 0.1) is 9.30 Å². The van der Waals surface area contributed by atoms with Crippen LogP contribution in [0.5, 0.6) is 0 Å². The summed E-state index contributed by atoms with van der Waals surface area (Å²) < 4.78 is 41.1. The summed E-state index contributed by atoms with van der Waals surface area (Å²) in [4.78, 5) is -0.539. The average molecular weight is 506 g/mol. The topological polar surface area (TPSA) is 0 Å². The van der Waals surface area contributed by atoms with Gasteiger partial charge in [-0.15, -0.1) is 0 Å². The molecule has 0 heterocycles. The number of hydrogen-bond donors (Lipinski definition) is 0. The molecule has 0 N–H and O–H groups in total. The Morgan fingerprint density at radius 3 is 2.26 bits per heavy atom. The van der Waals surface area contributed by atoms with E-state index in [0.717, 1.165) is 12.1 Å². The Labute approximate surface area is 138 Å². The minimum absolute atomic E-state index is 0.0715. The smallest absolute Gasteiger partial charge is 0.137 e. The van der Waals surface area contributed by atoms with Crippen LogP contribution in [0.3, 0.4) is 0 Å². The van der Waals surface area contributed by atoms with Crippen molar-refractivity contribution in [3.05, 3.63) is 67.0 Å². The fourth-order valence-electron chi connectivity index (χ4n) is 1.61. The van der Waals surface area contributed by atoms with Gasteiger partial charge in [-0.05, 0) is 68.3 Å². The molecule has 2 rings (SSSR count). The van der Waals surface area contributed by atoms with Gasteiger partial charge in [0.15, 0.2) is 0 Å². The molecule has 100 valence electrons. The lowest BCUT2D eigenvalue weighted by molar-refractivity contribution is 0.583. The first-order valence-electron chi connectivity index (χ1n) is 5.13. The van der Waals surface area contributed by atoms with Crippen molar-refractivity contribution in [3.8, 4) is 0 Å². The Morgan fingerprint density at radius 1 is 0.947 bits per heavy atom. The minimum Gasteiger partial charge on any atom is -0.207 e. The molecule has 0 spiro atoms. The van der Waals surface area contributed by atoms with Crippen molar-refractivity contribution in [2.45, 2.75) is 4.83 Å². The fourth-order valence-corrected chi connectivity index (χ4v) is 3.89. The molecule has 0 amide bonds. The first-order valence-corrected chi connectivity index (χ1v) is 7.92. The van der Waals surface area contributed by atoms with Crippen LogP contribution in [0.25, 0.3) is 0 Å². The van der Waals surface area contributed by atoms with Crippen LogP contribution in [0.1, 0.15) is 16.0 Å². The number of benzene rings is 2. The number of alkyl halides is 1. The van der Waals surface area contributed by atoms with Crippen LogP contribution in [0.15, 0.2) is 34.8 Å². The third-order valence-corrected chi connectivity index (χ3v) is 5.08. The highest BCUT2D eigenvalue weighted by molar-refractivity contribution is 14.1. The van der Waals surface area contributed by atoms with Gasteiger partial charge in [-0.25, -0.2) is 13.2 Å². The van der Waals surface area contributed by atoms with Crippen LogP contribution >= 0.6 is 54.5 Å². The highest BCUT2D eigenvalue weighted by Gasteiger charge is 2.19. The van der Waals surface area contributed by atoms with E-state index < -0.39 is 16.5 Å². The summed E-state index contributed by atoms with van der Waals surface area (Å²) in [6.07, 6.45) is 0. The van der Waals surface area contributed by atoms with Gasteiger partial charge in [0, 0.05) is 9.13 Å². The van der Waals surface area contributed by atoms with E-state index in [0.29, 0.717) is 9.13 Å². The van der Waals surface area contributed by atoms with Crippen molar-refractivity contribution in [2.24, 2.45) is 0 Å². The van der Waals surface area contributed by atoms with Gasteiger partial charge in [0.25, 0.3) is 0 Å². The second-order valence-corrected chi connectivity index (χ2v) is 6.75. The van der Waals surface area contributed by atoms with Gasteiger partial charge in [0.2, 0.25) is 0 Å². The van der Waals surface area contributed by atoms with Crippen LogP contribution in [-0.4, -0.2) is 0 Å². The zero-order chi connectivity index (χ0) is 14.2. The maximum atomic E-state index is 13.9. The van der Waals surface area contributed by atoms with Crippen molar-refractivity contribution in [1.82, 2.24) is 0 Å². The summed E-state index contributed by atoms with van der Waals surface area (Å²) in [6, 6.07) is 6.39. The van der Waals surface area contributed by atoms with Gasteiger partial charge >= 0.3 is 0 Å². The van der Waals surface area contributed by atoms with Crippen molar-refractivity contribution >= 4 is 54.5 Å². The Hall–Kier alpha value is -0.0800. The standard InChI is InChI=1S/C13H6Br2F3I/c14-9-5-10(17)8(4-11(9)18)13(15)7-2-1-6(16)3-12(7)19/h1-5,13H. The van der Waals surface area contributed by atoms with Gasteiger partial charge < -0.3 is 0 Å². The summed E-state index contributed by atoms with van der Waals surface area (Å²) in [7, 11) is 0. The molecule has 0 bridgehead atoms. The van der Waals surface area contributed by atoms with Crippen LogP contribution in [0, 0.1) is 21.0 Å². The molecule has 0 aromatic heterocycles. The zero-order valence-corrected chi connectivity index (χ0v) is 14.6. The Kier molecular flexibility index (Phi) is 4.94. The third-order valence-electron chi connectivity index (χ3n) is 2.55. The lowest BCUT2D eigenvalue weighted by atomic mass is 10.0. The maximum absolute atomic E-state index is 13.9. The summed E-state index contributed by atoms with van der Waals surface area (Å²) in [5, 5.41) is 0. The largest absolute Gasteiger partial charge is 0.207 e. The van der Waals surface area contributed by atoms with Crippen LogP contribution in [-0.2, 0) is 0 Å². The Morgan fingerprint density at radius 2 is 1.63 bits per heavy atom. The lowest BCUT2D eigenvalue weighted by Gasteiger charge is -2.14. The molecule has 0 radical (unpaired) electrons. The van der Waals surface area contributed by atoms with Crippen molar-refractivity contribution in [2.75, 3.05) is 0 Å². The maximum Gasteiger partial charge on any atom is 0.137 e. The van der Waals surface area contributed by atoms with E-state index in [-0.39, 0.29) is 15.9 Å². The van der Waals surface area contributed by atoms with E-state index >= 15 is 0 Å². The molecule has 0 saturated carbocycles. The SMILES string of the molecule is Fc1ccc(C(Br)c2cc(F)c(Br)cc2F)c(I)c1. The van der Waals surface area contributed by atoms with E-state index in [1.54, 1.807) is 6.07 Å². The first kappa shape index (κ1) is 15.3. The number of rotatable bonds is 2. The molecule has 0 fully saturated rings. The molecular weight excluding hydrogens is 500 g/mol. The molecule has 1 atom stereocenters. The van der Waals surface area contributed by atoms with E-state index in [4.69, 9.17) is 0 Å². The van der Waals surface area contributed by atoms with Gasteiger partial charge in [0.1, 0.15) is 17.5 Å². The molecule has 0 nitrogen and oxygen atoms in total. The Balaban J connectivity index is 2.49. The predicted octanol–water partition coefficient (Wildman–Crippen LogP) is 5.96. The molecule has 0 aliphatic rings. The van der Waals surface area contributed by atoms with Crippen LogP contribution in [0.2, 0.25) is 0 Å². The molecule has 0 saturated heterocycles. The van der Waals surface area contributed by atoms with Gasteiger partial charge in [-0.2, -0.15) is 0 Å². The van der Waals surface area contributed by atoms with Crippen molar-refractivity contribution in [3.63, 3.8) is 0 Å². The summed E-state index contributed by atoms with van der Waals surface area (Å²) in [6.45, 7) is 0. The second kappa shape index (κ2) is 6.13. The lowest BCUT2D eigenvalue weighted by Crippen LogP contribution is -2.01. The first-order chi connectivity index (χ1) is 8.90. The normalized spacial score (nSPS) is 12.5. The predicted molar refractivity (Wildman–Crippen MR) is 83.9 cm³/mol. The molecule has 1 unspecified atom stereocenters. The highest BCUT2D eigenvalue weighted by Crippen LogP contribution is 2.36. The minimum atomic E-state index is -0.544. The zero-order valence-electron chi connectivity index (χ0n) is 9.23. The quantitative estimate of drug-likeness (QED) is 0.269. The van der Waals surface area contributed by atoms with E-state index in [1.807, 2.05) is 22.6 Å². The van der Waals surface area contributed by atoms with E-state index in [9.17, 15) is 13.2 Å². The Bertz CT molecular complexity index is 632. The highest BCUT2D eigenvalue weighted by atomic mass is 127. The molecule has 2 aromatic carbocycles. The van der Waals surface area contributed by atoms with E-state index in [1.165, 1.54) is 12.1 Å². The number of halogens is 6. The van der Waals surface area contributed by atoms with E-state index in [2.05, 4.69) is 31.9 Å². The molecule has 2 aromatic rings. The molecule has 19 heavy (non-hydrogen) atoms. The van der Waals surface area contributed by atoms with Gasteiger partial charge in [-0.3, -0.25) is 0 Å². The molecular formula is C13H6Br2F3I. The monoisotopic (exact) mass is 504 g/mol. The molecule has 0 aliphatic heterocycles. The van der Waals surface area contributed by atoms with Gasteiger partial charge in [-0.1, -0.05) is 22.0 Å². The number of hydrogen-bond acceptors (Lipinski definition) is 0. The molecule has 0 aliphatic carbocycles. The summed E-state index contributed by atoms with van der Waals surface area (Å²) in [5.41, 5.74) is 0.854. The van der Waals surface area contributed by atoms with Crippen LogP contribution < -0.4 is 0 Å². The second-order valence-electron chi connectivity index (χ2n) is 3.82. The third kappa shape index (κ3) is 3.33. The fraction of sp³-hybridized carbons (Fsp3) is 0.0769.